The molecule has 5 aliphatic carbocycles. The van der Waals surface area contributed by atoms with E-state index in [2.05, 4.69) is 20.9 Å². The summed E-state index contributed by atoms with van der Waals surface area (Å²) in [6.07, 6.45) is 4.04. The third kappa shape index (κ3) is 10.9. The van der Waals surface area contributed by atoms with Gasteiger partial charge in [-0.1, -0.05) is 104 Å². The number of hydrogen-bond acceptors (Lipinski definition) is 14. The van der Waals surface area contributed by atoms with Crippen LogP contribution in [0.15, 0.2) is 133 Å². The van der Waals surface area contributed by atoms with Crippen molar-refractivity contribution in [3.63, 3.8) is 0 Å². The molecule has 3 fully saturated rings. The van der Waals surface area contributed by atoms with Crippen molar-refractivity contribution in [1.29, 1.82) is 0 Å². The lowest BCUT2D eigenvalue weighted by Crippen LogP contribution is -2.69. The van der Waals surface area contributed by atoms with Crippen molar-refractivity contribution in [1.82, 2.24) is 15.6 Å². The number of ketones is 2. The number of nitrogens with zero attached hydrogens (tertiary/aromatic N) is 1. The molecule has 1 heterocycles. The highest BCUT2D eigenvalue weighted by atomic mass is 19.1. The number of anilines is 1. The van der Waals surface area contributed by atoms with Gasteiger partial charge in [-0.2, -0.15) is 0 Å². The summed E-state index contributed by atoms with van der Waals surface area (Å²) in [6.45, 7) is 8.61. The smallest absolute Gasteiger partial charge is 0.407 e. The zero-order valence-electron chi connectivity index (χ0n) is 47.2. The van der Waals surface area contributed by atoms with Crippen LogP contribution in [0.3, 0.4) is 0 Å². The van der Waals surface area contributed by atoms with Gasteiger partial charge in [-0.15, -0.1) is 0 Å². The summed E-state index contributed by atoms with van der Waals surface area (Å²) in [7, 11) is 0. The van der Waals surface area contributed by atoms with Gasteiger partial charge in [0.2, 0.25) is 11.7 Å². The number of alkyl carbamates (subject to hydrolysis) is 2. The van der Waals surface area contributed by atoms with Gasteiger partial charge in [-0.3, -0.25) is 24.2 Å². The Balaban J connectivity index is 0.830. The fourth-order valence-electron chi connectivity index (χ4n) is 14.0. The number of rotatable bonds is 16. The highest BCUT2D eigenvalue weighted by Crippen LogP contribution is 2.70. The highest BCUT2D eigenvalue weighted by molar-refractivity contribution is 6.01. The van der Waals surface area contributed by atoms with Gasteiger partial charge in [0.25, 0.3) is 0 Å². The molecule has 1 aromatic heterocycles. The zero-order chi connectivity index (χ0) is 59.2. The van der Waals surface area contributed by atoms with Gasteiger partial charge in [-0.05, 0) is 134 Å². The number of hydrogen-bond donors (Lipinski definition) is 5. The van der Waals surface area contributed by atoms with E-state index in [4.69, 9.17) is 18.9 Å². The minimum atomic E-state index is -2.20. The number of ether oxygens (including phenoxy) is 4. The summed E-state index contributed by atoms with van der Waals surface area (Å²) in [4.78, 5) is 99.3. The molecular formula is C65H69FN4O13. The maximum absolute atomic E-state index is 17.8. The Kier molecular flexibility index (Phi) is 15.8. The third-order valence-corrected chi connectivity index (χ3v) is 18.1. The van der Waals surface area contributed by atoms with Gasteiger partial charge in [0, 0.05) is 52.7 Å². The molecule has 83 heavy (non-hydrogen) atoms. The van der Waals surface area contributed by atoms with Crippen LogP contribution in [0.1, 0.15) is 108 Å². The normalized spacial score (nSPS) is 26.6. The van der Waals surface area contributed by atoms with Gasteiger partial charge in [-0.25, -0.2) is 18.8 Å². The van der Waals surface area contributed by atoms with Crippen LogP contribution >= 0.6 is 0 Å². The molecule has 5 aliphatic rings. The number of alkyl halides is 1. The number of amides is 3. The van der Waals surface area contributed by atoms with Crippen molar-refractivity contribution < 1.29 is 67.1 Å². The van der Waals surface area contributed by atoms with Gasteiger partial charge in [0.1, 0.15) is 30.5 Å². The number of carbonyl (C=O) groups is 7. The summed E-state index contributed by atoms with van der Waals surface area (Å²) >= 11 is 0. The van der Waals surface area contributed by atoms with Crippen molar-refractivity contribution >= 4 is 58.1 Å². The average molecular weight is 1130 g/mol. The van der Waals surface area contributed by atoms with Crippen molar-refractivity contribution in [3.8, 4) is 11.1 Å². The first-order valence-corrected chi connectivity index (χ1v) is 28.1. The molecule has 17 nitrogen and oxygen atoms in total. The molecule has 3 amide bonds. The molecule has 5 N–H and O–H groups in total. The molecule has 3 saturated carbocycles. The van der Waals surface area contributed by atoms with Crippen molar-refractivity contribution in [2.24, 2.45) is 28.6 Å². The van der Waals surface area contributed by atoms with Crippen LogP contribution in [0.5, 0.6) is 0 Å². The summed E-state index contributed by atoms with van der Waals surface area (Å²) in [5.41, 5.74) is -1.88. The molecule has 434 valence electrons. The number of halogens is 1. The summed E-state index contributed by atoms with van der Waals surface area (Å²) in [5.74, 6) is -7.08. The number of allylic oxidation sites excluding steroid dienone is 4. The fourth-order valence-corrected chi connectivity index (χ4v) is 14.0. The Hall–Kier alpha value is -8.09. The summed E-state index contributed by atoms with van der Waals surface area (Å²) in [5, 5.41) is 34.2. The number of aromatic nitrogens is 1. The Bertz CT molecular complexity index is 3420. The van der Waals surface area contributed by atoms with E-state index in [-0.39, 0.29) is 50.7 Å². The Morgan fingerprint density at radius 1 is 0.855 bits per heavy atom. The first kappa shape index (κ1) is 58.1. The van der Waals surface area contributed by atoms with Crippen LogP contribution in [0.2, 0.25) is 0 Å². The molecule has 0 saturated heterocycles. The van der Waals surface area contributed by atoms with Crippen LogP contribution in [0, 0.1) is 28.6 Å². The largest absolute Gasteiger partial charge is 0.459 e. The molecule has 10 atom stereocenters. The van der Waals surface area contributed by atoms with E-state index >= 15 is 4.39 Å². The van der Waals surface area contributed by atoms with E-state index < -0.39 is 112 Å². The molecule has 0 aliphatic heterocycles. The Morgan fingerprint density at radius 3 is 2.25 bits per heavy atom. The molecule has 10 rings (SSSR count). The van der Waals surface area contributed by atoms with E-state index in [0.717, 1.165) is 33.0 Å². The van der Waals surface area contributed by atoms with Crippen molar-refractivity contribution in [2.75, 3.05) is 25.1 Å². The van der Waals surface area contributed by atoms with Crippen LogP contribution in [-0.2, 0) is 49.5 Å². The van der Waals surface area contributed by atoms with Crippen LogP contribution in [-0.4, -0.2) is 106 Å². The lowest BCUT2D eigenvalue weighted by Gasteiger charge is -2.62. The van der Waals surface area contributed by atoms with Crippen molar-refractivity contribution in [2.45, 2.75) is 121 Å². The maximum Gasteiger partial charge on any atom is 0.407 e. The van der Waals surface area contributed by atoms with Crippen molar-refractivity contribution in [3.05, 3.63) is 156 Å². The summed E-state index contributed by atoms with van der Waals surface area (Å²) < 4.78 is 40.2. The molecule has 0 radical (unpaired) electrons. The predicted octanol–water partition coefficient (Wildman–Crippen LogP) is 9.28. The average Bonchev–Trinajstić information content (AvgIpc) is 2.45. The number of fused-ring (bicyclic) bond motifs is 9. The first-order valence-electron chi connectivity index (χ1n) is 28.1. The highest BCUT2D eigenvalue weighted by Gasteiger charge is 2.75. The monoisotopic (exact) mass is 1130 g/mol. The molecule has 18 heteroatoms. The second kappa shape index (κ2) is 22.6. The fraction of sp³-hybridized carbons (Fsp3) is 0.415. The standard InChI is InChI=1S/C65H69FN4O13/c1-37-27-52-51-22-20-42-29-44(71)23-25-62(42,5)64(51,66)54(72)31-63(52,6)65(37,79)55(73)36-80-56(74)30-53(70-60(78)82-35-50-47-13-9-7-11-45(47)46-12-8-10-14-48(46)50)58(76)81-34-38-15-17-39(18-16-38)49(33-68-59(77)83-61(2,3)4)57(75)69-43-21-19-41-32-67-26-24-40(41)28-43/h7-19,21,23-26,28-29,32,37,49-54,72,79H,20,22,27,30-31,33-36H2,1-6H3,(H,68,77)(H,69,75)(H,70,78)/t37-,49-,51+,52+,53+,54+,62+,63+,64+,65+/m1/s1. The minimum absolute atomic E-state index is 0.123. The van der Waals surface area contributed by atoms with Crippen LogP contribution in [0.25, 0.3) is 21.9 Å². The zero-order valence-corrected chi connectivity index (χ0v) is 47.2. The van der Waals surface area contributed by atoms with Gasteiger partial charge < -0.3 is 45.1 Å². The maximum atomic E-state index is 17.8. The molecule has 0 unspecified atom stereocenters. The minimum Gasteiger partial charge on any atom is -0.459 e. The molecular weight excluding hydrogens is 1060 g/mol. The Morgan fingerprint density at radius 2 is 1.55 bits per heavy atom. The number of pyridine rings is 1. The molecule has 0 bridgehead atoms. The number of Topliss-reactive ketones (excluding diaryl/α,β-unsaturated/α-hetero) is 1. The Labute approximate surface area is 480 Å². The van der Waals surface area contributed by atoms with E-state index in [0.29, 0.717) is 28.8 Å². The van der Waals surface area contributed by atoms with Crippen LogP contribution < -0.4 is 16.0 Å². The SMILES string of the molecule is C[C@@H]1C[C@H]2[C@@H]3CCC4=CC(=O)C=C[C@]4(C)[C@@]3(F)[C@@H](O)C[C@]2(C)[C@@]1(O)C(=O)COC(=O)C[C@H](NC(=O)OCC1c2ccccc2-c2ccccc21)C(=O)OCc1ccc([C@@H](CNC(=O)OC(C)(C)C)C(=O)Nc2ccc3cnccc3c2)cc1. The second-order valence-corrected chi connectivity index (χ2v) is 24.2. The topological polar surface area (TPSA) is 246 Å². The lowest BCUT2D eigenvalue weighted by atomic mass is 9.44. The number of nitrogens with one attached hydrogen (secondary N) is 3. The van der Waals surface area contributed by atoms with E-state index in [1.165, 1.54) is 18.2 Å². The quantitative estimate of drug-likeness (QED) is 0.0457. The number of aliphatic hydroxyl groups is 2. The van der Waals surface area contributed by atoms with Gasteiger partial charge >= 0.3 is 24.1 Å². The predicted molar refractivity (Wildman–Crippen MR) is 304 cm³/mol. The van der Waals surface area contributed by atoms with Crippen LogP contribution in [0.4, 0.5) is 19.7 Å². The van der Waals surface area contributed by atoms with E-state index in [9.17, 15) is 43.8 Å². The van der Waals surface area contributed by atoms with Gasteiger partial charge in [0.15, 0.2) is 18.1 Å². The molecule has 4 aromatic carbocycles. The number of esters is 2. The lowest BCUT2D eigenvalue weighted by molar-refractivity contribution is -0.220. The number of carbonyl (C=O) groups excluding carboxylic acids is 7. The summed E-state index contributed by atoms with van der Waals surface area (Å²) in [6, 6.07) is 27.5. The number of benzene rings is 4. The first-order chi connectivity index (χ1) is 39.4. The van der Waals surface area contributed by atoms with E-state index in [1.54, 1.807) is 90.3 Å². The second-order valence-electron chi connectivity index (χ2n) is 24.2. The number of aliphatic hydroxyl groups excluding tert-OH is 1. The van der Waals surface area contributed by atoms with Gasteiger partial charge in [0.05, 0.1) is 18.4 Å². The van der Waals surface area contributed by atoms with E-state index in [1.807, 2.05) is 60.7 Å². The molecule has 5 aromatic rings. The molecule has 0 spiro atoms. The third-order valence-electron chi connectivity index (χ3n) is 18.1.